The lowest BCUT2D eigenvalue weighted by molar-refractivity contribution is -0.240. The molecule has 528 valence electrons. The summed E-state index contributed by atoms with van der Waals surface area (Å²) in [7, 11) is 4.88. The molecule has 0 radical (unpaired) electrons. The molecule has 17 rings (SSSR count). The van der Waals surface area contributed by atoms with Crippen LogP contribution < -0.4 is 26.7 Å². The van der Waals surface area contributed by atoms with Crippen molar-refractivity contribution in [3.05, 3.63) is 86.2 Å². The van der Waals surface area contributed by atoms with Crippen LogP contribution >= 0.6 is 47.8 Å². The van der Waals surface area contributed by atoms with E-state index < -0.39 is 77.5 Å². The minimum Gasteiger partial charge on any atom is -0.508 e. The van der Waals surface area contributed by atoms with Crippen LogP contribution in [-0.2, 0) is 61.6 Å². The maximum absolute atomic E-state index is 10.5. The number of aromatic nitrogens is 3. The molecule has 11 N–H and O–H groups in total. The number of fused-ring (bicyclic) bond motifs is 4. The number of anilines is 3. The first-order chi connectivity index (χ1) is 45.8. The van der Waals surface area contributed by atoms with Gasteiger partial charge in [-0.05, 0) is 201 Å². The highest BCUT2D eigenvalue weighted by atomic mass is 79.9. The Hall–Kier alpha value is -4.55. The van der Waals surface area contributed by atoms with E-state index in [-0.39, 0.29) is 60.4 Å². The van der Waals surface area contributed by atoms with E-state index in [9.17, 15) is 25.5 Å². The summed E-state index contributed by atoms with van der Waals surface area (Å²) in [6.45, 7) is 13.8. The lowest BCUT2D eigenvalue weighted by Gasteiger charge is -2.29. The topological polar surface area (TPSA) is 356 Å². The molecule has 11 aliphatic rings. The van der Waals surface area contributed by atoms with Crippen molar-refractivity contribution >= 4 is 98.0 Å². The third-order valence-electron chi connectivity index (χ3n) is 20.2. The molecule has 10 heterocycles. The van der Waals surface area contributed by atoms with Crippen molar-refractivity contribution in [1.82, 2.24) is 15.0 Å². The van der Waals surface area contributed by atoms with Gasteiger partial charge in [-0.25, -0.2) is 15.0 Å². The highest BCUT2D eigenvalue weighted by Crippen LogP contribution is 2.58. The summed E-state index contributed by atoms with van der Waals surface area (Å²) in [5, 5.41) is 52.0. The number of hydrogen-bond acceptors (Lipinski definition) is 26. The molecule has 11 fully saturated rings. The number of phenolic OH excluding ortho intramolecular Hbond substituents is 1. The van der Waals surface area contributed by atoms with Gasteiger partial charge in [0.15, 0.2) is 42.5 Å². The maximum atomic E-state index is 10.5. The Labute approximate surface area is 585 Å². The van der Waals surface area contributed by atoms with E-state index in [1.54, 1.807) is 51.7 Å². The number of aliphatic hydroxyl groups excluding tert-OH is 3. The predicted molar refractivity (Wildman–Crippen MR) is 361 cm³/mol. The van der Waals surface area contributed by atoms with Gasteiger partial charge in [0.25, 0.3) is 0 Å². The van der Waals surface area contributed by atoms with Crippen LogP contribution in [-0.4, -0.2) is 194 Å². The predicted octanol–water partition coefficient (Wildman–Crippen LogP) is 8.68. The van der Waals surface area contributed by atoms with E-state index in [4.69, 9.17) is 88.3 Å². The summed E-state index contributed by atoms with van der Waals surface area (Å²) >= 11 is 10.0. The number of nitrogens with two attached hydrogens (primary N) is 3. The van der Waals surface area contributed by atoms with Crippen LogP contribution in [0.15, 0.2) is 86.2 Å². The molecule has 29 heteroatoms. The minimum absolute atomic E-state index is 0.0811. The van der Waals surface area contributed by atoms with E-state index in [2.05, 4.69) is 69.7 Å². The number of aliphatic hydroxyl groups is 4. The third-order valence-corrected chi connectivity index (χ3v) is 22.1. The number of nitrogen functional groups attached to an aromatic ring is 3. The van der Waals surface area contributed by atoms with E-state index in [0.29, 0.717) is 59.4 Å². The molecule has 7 saturated heterocycles. The molecule has 3 aromatic carbocycles. The molecular formula is C68H85Br3N6O20. The number of rotatable bonds is 7. The smallest absolute Gasteiger partial charge is 0.187 e. The van der Waals surface area contributed by atoms with Gasteiger partial charge in [-0.1, -0.05) is 6.92 Å². The second kappa shape index (κ2) is 26.4. The monoisotopic (exact) mass is 1540 g/mol. The third kappa shape index (κ3) is 13.0. The average Bonchev–Trinajstić information content (AvgIpc) is 1.57. The van der Waals surface area contributed by atoms with Gasteiger partial charge in [-0.2, -0.15) is 0 Å². The Kier molecular flexibility index (Phi) is 19.3. The van der Waals surface area contributed by atoms with E-state index in [1.165, 1.54) is 0 Å². The zero-order valence-electron chi connectivity index (χ0n) is 55.4. The lowest BCUT2D eigenvalue weighted by Crippen LogP contribution is -2.47. The fourth-order valence-electron chi connectivity index (χ4n) is 16.1. The normalized spacial score (nSPS) is 38.3. The highest BCUT2D eigenvalue weighted by molar-refractivity contribution is 9.11. The standard InChI is InChI=1S/C20H23BrN2O5.C16H17BrN2O5.C12H20O4.C11H18O5.C9H7BrN2O/c1-19(2)27-16-18(24-3)26-15-14(6-7-20(15,16)28-19)25-11-5-4-10-8-12(21)17(22)23-13(10)9-11;17-9-5-7-1-2-8(6-10(7)19-14(9)18)23-11-3-4-16(22)12(20)15(21)24-13(11)16;1-7-5-6-12-8(7)14-10(13-4)9(12)15-11(2,3)16-12;1-10(2)15-8-9(13-3)14-7-6(12)4-5-11(7,8)16-10;10-7-3-5-1-2-6(13)4-8(5)12-9(7)11/h4-5,8-9,14-16,18H,6-7H2,1-3H3,(H2,22,23);1-2,5-6,11-13,15,20-22H,3-4H2,(H2,18,19);7-10H,5-6H2,1-4H3;6-9,12H,4-5H2,1-3H3;1-4,13H,(H2,11,12)/t14-,15+,16?,18?,20+;11-,12-,13+,15?,16-;7-,8-,9?,10?,12-;6-,7-,8?,9?,11-;/m0011./s1. The number of ether oxygens (including phenoxy) is 15. The van der Waals surface area contributed by atoms with Crippen LogP contribution in [0, 0.1) is 5.92 Å². The van der Waals surface area contributed by atoms with Crippen LogP contribution in [0.4, 0.5) is 17.5 Å². The van der Waals surface area contributed by atoms with Crippen molar-refractivity contribution in [3.63, 3.8) is 0 Å². The fourth-order valence-corrected chi connectivity index (χ4v) is 17.1. The van der Waals surface area contributed by atoms with Crippen molar-refractivity contribution in [2.24, 2.45) is 5.92 Å². The van der Waals surface area contributed by atoms with Crippen molar-refractivity contribution < 1.29 is 96.6 Å². The van der Waals surface area contributed by atoms with Crippen LogP contribution in [0.1, 0.15) is 99.8 Å². The molecule has 3 spiro atoms. The number of nitrogens with zero attached hydrogens (tertiary/aromatic N) is 3. The number of phenols is 1. The van der Waals surface area contributed by atoms with Crippen LogP contribution in [0.25, 0.3) is 32.7 Å². The Bertz CT molecular complexity index is 3860. The number of aromatic hydroxyl groups is 1. The molecule has 20 atom stereocenters. The first kappa shape index (κ1) is 70.9. The van der Waals surface area contributed by atoms with Crippen molar-refractivity contribution in [2.45, 2.75) is 232 Å². The summed E-state index contributed by atoms with van der Waals surface area (Å²) < 4.78 is 90.1. The Morgan fingerprint density at radius 1 is 0.474 bits per heavy atom. The van der Waals surface area contributed by atoms with Crippen molar-refractivity contribution in [1.29, 1.82) is 0 Å². The lowest BCUT2D eigenvalue weighted by atomic mass is 9.93. The second-order valence-electron chi connectivity index (χ2n) is 28.0. The molecular weight excluding hydrogens is 1460 g/mol. The SMILES string of the molecule is COC1O[C@@H]2[C@@H](Oc3ccc4cc(Br)c(N)nc4c3)CC[C@@]23OC(C)(C)OC13.COC1O[C@@H]2[C@H](C)CC[C@@]23OC(C)(C)OC13.COC1O[C@@H]2[C@H](O)CC[C@@]23OC(C)(C)OC13.Nc1nc2cc(O)ccc2cc1Br.Nc1nc2cc(O[C@H]3CC[C@@]4(O)[C@@H]3OC(O)[C@@H]4O)ccc2cc1Br. The molecule has 6 aromatic rings. The summed E-state index contributed by atoms with van der Waals surface area (Å²) in [4.78, 5) is 12.8. The van der Waals surface area contributed by atoms with Gasteiger partial charge < -0.3 is 114 Å². The first-order valence-electron chi connectivity index (χ1n) is 32.5. The number of pyridine rings is 3. The highest BCUT2D eigenvalue weighted by Gasteiger charge is 2.73. The molecule has 0 bridgehead atoms. The van der Waals surface area contributed by atoms with Crippen LogP contribution in [0.3, 0.4) is 0 Å². The van der Waals surface area contributed by atoms with Gasteiger partial charge in [0.2, 0.25) is 0 Å². The van der Waals surface area contributed by atoms with E-state index >= 15 is 0 Å². The van der Waals surface area contributed by atoms with Crippen LogP contribution in [0.2, 0.25) is 0 Å². The van der Waals surface area contributed by atoms with Gasteiger partial charge >= 0.3 is 0 Å². The summed E-state index contributed by atoms with van der Waals surface area (Å²) in [6, 6.07) is 21.9. The second-order valence-corrected chi connectivity index (χ2v) is 30.6. The van der Waals surface area contributed by atoms with Gasteiger partial charge in [-0.15, -0.1) is 0 Å². The molecule has 97 heavy (non-hydrogen) atoms. The summed E-state index contributed by atoms with van der Waals surface area (Å²) in [6.07, 6.45) is -0.863. The van der Waals surface area contributed by atoms with Gasteiger partial charge in [-0.3, -0.25) is 0 Å². The minimum atomic E-state index is -1.48. The van der Waals surface area contributed by atoms with E-state index in [0.717, 1.165) is 72.9 Å². The zero-order chi connectivity index (χ0) is 69.3. The van der Waals surface area contributed by atoms with Crippen molar-refractivity contribution in [2.75, 3.05) is 38.5 Å². The molecule has 3 aromatic heterocycles. The first-order valence-corrected chi connectivity index (χ1v) is 34.9. The molecule has 7 unspecified atom stereocenters. The number of hydrogen-bond donors (Lipinski definition) is 8. The zero-order valence-corrected chi connectivity index (χ0v) is 60.1. The average molecular weight is 1550 g/mol. The maximum Gasteiger partial charge on any atom is 0.187 e. The van der Waals surface area contributed by atoms with Gasteiger partial charge in [0.1, 0.15) is 112 Å². The molecule has 4 saturated carbocycles. The van der Waals surface area contributed by atoms with Crippen molar-refractivity contribution in [3.8, 4) is 17.2 Å². The Balaban J connectivity index is 0.000000112. The number of methoxy groups -OCH3 is 3. The number of benzene rings is 3. The Morgan fingerprint density at radius 2 is 0.866 bits per heavy atom. The Morgan fingerprint density at radius 3 is 1.35 bits per heavy atom. The fraction of sp³-hybridized carbons (Fsp3) is 0.603. The summed E-state index contributed by atoms with van der Waals surface area (Å²) in [5.74, 6) is 1.44. The van der Waals surface area contributed by atoms with Gasteiger partial charge in [0.05, 0.1) is 42.2 Å². The van der Waals surface area contributed by atoms with Gasteiger partial charge in [0, 0.05) is 55.7 Å². The molecule has 7 aliphatic heterocycles. The molecule has 4 aliphatic carbocycles. The molecule has 26 nitrogen and oxygen atoms in total. The molecule has 0 amide bonds. The van der Waals surface area contributed by atoms with Crippen LogP contribution in [0.5, 0.6) is 17.2 Å². The number of halogens is 3. The summed E-state index contributed by atoms with van der Waals surface area (Å²) in [5.41, 5.74) is 16.7. The van der Waals surface area contributed by atoms with E-state index in [1.807, 2.05) is 84.0 Å². The largest absolute Gasteiger partial charge is 0.508 e. The quantitative estimate of drug-likeness (QED) is 0.0740.